The van der Waals surface area contributed by atoms with Crippen molar-refractivity contribution >= 4 is 11.3 Å². The van der Waals surface area contributed by atoms with Gasteiger partial charge in [0.2, 0.25) is 0 Å². The Labute approximate surface area is 106 Å². The number of aromatic nitrogens is 1. The molecule has 2 aromatic rings. The minimum Gasteiger partial charge on any atom is -0.391 e. The Balaban J connectivity index is 2.26. The Bertz CT molecular complexity index is 487. The molecule has 0 fully saturated rings. The summed E-state index contributed by atoms with van der Waals surface area (Å²) in [6.45, 7) is 4.21. The molecule has 0 bridgehead atoms. The summed E-state index contributed by atoms with van der Waals surface area (Å²) < 4.78 is 0. The van der Waals surface area contributed by atoms with Gasteiger partial charge in [0.05, 0.1) is 17.2 Å². The molecular formula is C14H17NOS. The average molecular weight is 247 g/mol. The molecule has 0 spiro atoms. The minimum atomic E-state index is 0.0808. The van der Waals surface area contributed by atoms with Crippen molar-refractivity contribution in [1.82, 2.24) is 4.98 Å². The standard InChI is InChI=1S/C14H17NOS/c1-3-4-11-5-7-12(8-6-11)14-15-10(2)13(9-16)17-14/h5-8,16H,3-4,9H2,1-2H3. The van der Waals surface area contributed by atoms with Crippen molar-refractivity contribution in [1.29, 1.82) is 0 Å². The van der Waals surface area contributed by atoms with Crippen LogP contribution >= 0.6 is 11.3 Å². The van der Waals surface area contributed by atoms with Crippen LogP contribution in [0.3, 0.4) is 0 Å². The first-order valence-electron chi connectivity index (χ1n) is 5.91. The lowest BCUT2D eigenvalue weighted by Gasteiger charge is -2.00. The van der Waals surface area contributed by atoms with Crippen molar-refractivity contribution in [3.63, 3.8) is 0 Å². The molecule has 90 valence electrons. The lowest BCUT2D eigenvalue weighted by Crippen LogP contribution is -1.83. The van der Waals surface area contributed by atoms with Crippen LogP contribution in [0.2, 0.25) is 0 Å². The first kappa shape index (κ1) is 12.3. The lowest BCUT2D eigenvalue weighted by molar-refractivity contribution is 0.284. The highest BCUT2D eigenvalue weighted by molar-refractivity contribution is 7.15. The summed E-state index contributed by atoms with van der Waals surface area (Å²) in [5, 5.41) is 10.2. The highest BCUT2D eigenvalue weighted by atomic mass is 32.1. The number of aliphatic hydroxyl groups excluding tert-OH is 1. The van der Waals surface area contributed by atoms with E-state index in [0.29, 0.717) is 0 Å². The molecule has 3 heteroatoms. The van der Waals surface area contributed by atoms with Crippen LogP contribution in [0.5, 0.6) is 0 Å². The normalized spacial score (nSPS) is 10.8. The zero-order valence-electron chi connectivity index (χ0n) is 10.2. The van der Waals surface area contributed by atoms with Crippen LogP contribution in [-0.4, -0.2) is 10.1 Å². The van der Waals surface area contributed by atoms with E-state index in [0.717, 1.165) is 27.6 Å². The van der Waals surface area contributed by atoms with Crippen LogP contribution in [0.1, 0.15) is 29.5 Å². The van der Waals surface area contributed by atoms with Gasteiger partial charge in [-0.15, -0.1) is 11.3 Å². The van der Waals surface area contributed by atoms with Crippen LogP contribution in [0.25, 0.3) is 10.6 Å². The van der Waals surface area contributed by atoms with Crippen LogP contribution < -0.4 is 0 Å². The molecule has 1 heterocycles. The number of hydrogen-bond donors (Lipinski definition) is 1. The van der Waals surface area contributed by atoms with Gasteiger partial charge in [-0.3, -0.25) is 0 Å². The average Bonchev–Trinajstić information content (AvgIpc) is 2.72. The zero-order valence-corrected chi connectivity index (χ0v) is 11.0. The van der Waals surface area contributed by atoms with Crippen molar-refractivity contribution in [2.75, 3.05) is 0 Å². The van der Waals surface area contributed by atoms with E-state index in [9.17, 15) is 0 Å². The lowest BCUT2D eigenvalue weighted by atomic mass is 10.1. The fraction of sp³-hybridized carbons (Fsp3) is 0.357. The van der Waals surface area contributed by atoms with Crippen molar-refractivity contribution in [3.05, 3.63) is 40.4 Å². The third-order valence-corrected chi connectivity index (χ3v) is 3.97. The number of aryl methyl sites for hydroxylation is 2. The van der Waals surface area contributed by atoms with Crippen LogP contribution in [0.4, 0.5) is 0 Å². The SMILES string of the molecule is CCCc1ccc(-c2nc(C)c(CO)s2)cc1. The zero-order chi connectivity index (χ0) is 12.3. The predicted octanol–water partition coefficient (Wildman–Crippen LogP) is 3.56. The molecule has 2 nitrogen and oxygen atoms in total. The topological polar surface area (TPSA) is 33.1 Å². The third-order valence-electron chi connectivity index (χ3n) is 2.78. The molecule has 0 radical (unpaired) electrons. The smallest absolute Gasteiger partial charge is 0.123 e. The Morgan fingerprint density at radius 1 is 1.24 bits per heavy atom. The molecule has 0 aliphatic carbocycles. The number of thiazole rings is 1. The molecule has 2 rings (SSSR count). The highest BCUT2D eigenvalue weighted by Gasteiger charge is 2.08. The molecule has 0 unspecified atom stereocenters. The van der Waals surface area contributed by atoms with Gasteiger partial charge in [-0.1, -0.05) is 37.6 Å². The second kappa shape index (κ2) is 5.43. The molecule has 1 N–H and O–H groups in total. The monoisotopic (exact) mass is 247 g/mol. The predicted molar refractivity (Wildman–Crippen MR) is 72.2 cm³/mol. The maximum atomic E-state index is 9.16. The first-order valence-corrected chi connectivity index (χ1v) is 6.72. The largest absolute Gasteiger partial charge is 0.391 e. The highest BCUT2D eigenvalue weighted by Crippen LogP contribution is 2.28. The third kappa shape index (κ3) is 2.73. The minimum absolute atomic E-state index is 0.0808. The van der Waals surface area contributed by atoms with E-state index >= 15 is 0 Å². The van der Waals surface area contributed by atoms with Crippen LogP contribution in [0, 0.1) is 6.92 Å². The van der Waals surface area contributed by atoms with Gasteiger partial charge in [-0.2, -0.15) is 0 Å². The van der Waals surface area contributed by atoms with Gasteiger partial charge in [-0.25, -0.2) is 4.98 Å². The summed E-state index contributed by atoms with van der Waals surface area (Å²) in [7, 11) is 0. The summed E-state index contributed by atoms with van der Waals surface area (Å²) >= 11 is 1.57. The van der Waals surface area contributed by atoms with Gasteiger partial charge in [-0.05, 0) is 18.9 Å². The summed E-state index contributed by atoms with van der Waals surface area (Å²) in [6.07, 6.45) is 2.30. The van der Waals surface area contributed by atoms with E-state index in [1.807, 2.05) is 6.92 Å². The number of hydrogen-bond acceptors (Lipinski definition) is 3. The van der Waals surface area contributed by atoms with Gasteiger partial charge in [0.1, 0.15) is 5.01 Å². The second-order valence-electron chi connectivity index (χ2n) is 4.13. The Morgan fingerprint density at radius 3 is 2.47 bits per heavy atom. The maximum absolute atomic E-state index is 9.16. The van der Waals surface area contributed by atoms with Gasteiger partial charge in [0.25, 0.3) is 0 Å². The van der Waals surface area contributed by atoms with E-state index in [4.69, 9.17) is 5.11 Å². The number of nitrogens with zero attached hydrogens (tertiary/aromatic N) is 1. The molecule has 0 atom stereocenters. The van der Waals surface area contributed by atoms with E-state index < -0.39 is 0 Å². The Morgan fingerprint density at radius 2 is 1.94 bits per heavy atom. The first-order chi connectivity index (χ1) is 8.24. The number of aliphatic hydroxyl groups is 1. The van der Waals surface area contributed by atoms with Crippen LogP contribution in [0.15, 0.2) is 24.3 Å². The summed E-state index contributed by atoms with van der Waals surface area (Å²) in [5.74, 6) is 0. The van der Waals surface area contributed by atoms with Crippen molar-refractivity contribution < 1.29 is 5.11 Å². The maximum Gasteiger partial charge on any atom is 0.123 e. The van der Waals surface area contributed by atoms with Crippen molar-refractivity contribution in [2.24, 2.45) is 0 Å². The van der Waals surface area contributed by atoms with Gasteiger partial charge < -0.3 is 5.11 Å². The molecule has 0 aliphatic heterocycles. The quantitative estimate of drug-likeness (QED) is 0.896. The van der Waals surface area contributed by atoms with Crippen molar-refractivity contribution in [2.45, 2.75) is 33.3 Å². The molecule has 0 aliphatic rings. The summed E-state index contributed by atoms with van der Waals surface area (Å²) in [5.41, 5.74) is 3.44. The van der Waals surface area contributed by atoms with Gasteiger partial charge in [0.15, 0.2) is 0 Å². The number of rotatable bonds is 4. The molecule has 1 aromatic carbocycles. The van der Waals surface area contributed by atoms with E-state index in [2.05, 4.69) is 36.2 Å². The van der Waals surface area contributed by atoms with E-state index in [1.54, 1.807) is 11.3 Å². The Hall–Kier alpha value is -1.19. The van der Waals surface area contributed by atoms with Gasteiger partial charge in [0, 0.05) is 5.56 Å². The number of benzene rings is 1. The van der Waals surface area contributed by atoms with Gasteiger partial charge >= 0.3 is 0 Å². The molecule has 1 aromatic heterocycles. The molecule has 17 heavy (non-hydrogen) atoms. The second-order valence-corrected chi connectivity index (χ2v) is 5.22. The van der Waals surface area contributed by atoms with E-state index in [1.165, 1.54) is 12.0 Å². The molecule has 0 saturated carbocycles. The molecule has 0 amide bonds. The Kier molecular flexibility index (Phi) is 3.92. The fourth-order valence-corrected chi connectivity index (χ4v) is 2.73. The van der Waals surface area contributed by atoms with Crippen molar-refractivity contribution in [3.8, 4) is 10.6 Å². The fourth-order valence-electron chi connectivity index (χ4n) is 1.80. The van der Waals surface area contributed by atoms with E-state index in [-0.39, 0.29) is 6.61 Å². The van der Waals surface area contributed by atoms with Crippen LogP contribution in [-0.2, 0) is 13.0 Å². The summed E-state index contributed by atoms with van der Waals surface area (Å²) in [6, 6.07) is 8.55. The summed E-state index contributed by atoms with van der Waals surface area (Å²) in [4.78, 5) is 5.44. The molecule has 0 saturated heterocycles. The molecular weight excluding hydrogens is 230 g/mol.